The molecule has 2 aromatic rings. The van der Waals surface area contributed by atoms with Crippen molar-refractivity contribution in [1.82, 2.24) is 15.1 Å². The molecule has 0 saturated heterocycles. The van der Waals surface area contributed by atoms with Crippen LogP contribution in [0, 0.1) is 5.41 Å². The number of aryl methyl sites for hydroxylation is 1. The highest BCUT2D eigenvalue weighted by Crippen LogP contribution is 2.27. The Hall–Kier alpha value is -1.66. The lowest BCUT2D eigenvalue weighted by atomic mass is 9.83. The molecule has 0 atom stereocenters. The Bertz CT molecular complexity index is 607. The molecule has 2 N–H and O–H groups in total. The first kappa shape index (κ1) is 16.7. The second-order valence-corrected chi connectivity index (χ2v) is 6.54. The Balaban J connectivity index is 2.17. The number of aromatic nitrogens is 2. The Morgan fingerprint density at radius 3 is 2.73 bits per heavy atom. The van der Waals surface area contributed by atoms with Crippen molar-refractivity contribution < 1.29 is 9.90 Å². The molecule has 0 aliphatic heterocycles. The van der Waals surface area contributed by atoms with Crippen molar-refractivity contribution in [2.45, 2.75) is 26.7 Å². The summed E-state index contributed by atoms with van der Waals surface area (Å²) in [4.78, 5) is 13.5. The van der Waals surface area contributed by atoms with Gasteiger partial charge in [0.15, 0.2) is 0 Å². The summed E-state index contributed by atoms with van der Waals surface area (Å²) in [6, 6.07) is 3.90. The fourth-order valence-electron chi connectivity index (χ4n) is 2.39. The van der Waals surface area contributed by atoms with Gasteiger partial charge in [0.2, 0.25) is 0 Å². The first-order valence-corrected chi connectivity index (χ1v) is 8.39. The minimum Gasteiger partial charge on any atom is -0.396 e. The molecule has 2 aromatic heterocycles. The minimum atomic E-state index is -0.249. The minimum absolute atomic E-state index is 0.0745. The molecule has 1 amide bonds. The standard InChI is InChI=1S/C16H23N3O2S/c1-4-16(5-2,11-20)10-17-15(21)12-9-19(3)18-14(12)13-7-6-8-22-13/h6-9,20H,4-5,10-11H2,1-3H3,(H,17,21). The lowest BCUT2D eigenvalue weighted by Gasteiger charge is -2.29. The van der Waals surface area contributed by atoms with E-state index in [0.717, 1.165) is 17.7 Å². The Morgan fingerprint density at radius 1 is 1.45 bits per heavy atom. The molecule has 0 radical (unpaired) electrons. The van der Waals surface area contributed by atoms with Gasteiger partial charge in [-0.3, -0.25) is 9.48 Å². The molecule has 0 saturated carbocycles. The lowest BCUT2D eigenvalue weighted by Crippen LogP contribution is -2.39. The zero-order valence-corrected chi connectivity index (χ0v) is 14.1. The van der Waals surface area contributed by atoms with Gasteiger partial charge in [0, 0.05) is 25.2 Å². The summed E-state index contributed by atoms with van der Waals surface area (Å²) in [6.45, 7) is 4.61. The van der Waals surface area contributed by atoms with Crippen molar-refractivity contribution in [3.8, 4) is 10.6 Å². The number of thiophene rings is 1. The zero-order chi connectivity index (χ0) is 16.2. The number of rotatable bonds is 7. The van der Waals surface area contributed by atoms with Gasteiger partial charge in [-0.1, -0.05) is 19.9 Å². The summed E-state index contributed by atoms with van der Waals surface area (Å²) in [5.74, 6) is -0.142. The van der Waals surface area contributed by atoms with Crippen molar-refractivity contribution in [2.24, 2.45) is 12.5 Å². The molecule has 0 aromatic carbocycles. The molecule has 0 bridgehead atoms. The Kier molecular flexibility index (Phi) is 5.37. The number of nitrogens with one attached hydrogen (secondary N) is 1. The van der Waals surface area contributed by atoms with Crippen molar-refractivity contribution in [2.75, 3.05) is 13.2 Å². The molecule has 6 heteroatoms. The van der Waals surface area contributed by atoms with Gasteiger partial charge in [-0.05, 0) is 24.3 Å². The van der Waals surface area contributed by atoms with Gasteiger partial charge < -0.3 is 10.4 Å². The van der Waals surface area contributed by atoms with E-state index in [4.69, 9.17) is 0 Å². The molecular formula is C16H23N3O2S. The van der Waals surface area contributed by atoms with Crippen LogP contribution in [0.25, 0.3) is 10.6 Å². The van der Waals surface area contributed by atoms with E-state index >= 15 is 0 Å². The van der Waals surface area contributed by atoms with Crippen LogP contribution < -0.4 is 5.32 Å². The molecule has 5 nitrogen and oxygen atoms in total. The maximum absolute atomic E-state index is 12.5. The van der Waals surface area contributed by atoms with Gasteiger partial charge in [0.05, 0.1) is 17.0 Å². The van der Waals surface area contributed by atoms with E-state index in [-0.39, 0.29) is 17.9 Å². The fraction of sp³-hybridized carbons (Fsp3) is 0.500. The topological polar surface area (TPSA) is 67.2 Å². The summed E-state index contributed by atoms with van der Waals surface area (Å²) < 4.78 is 1.66. The van der Waals surface area contributed by atoms with Crippen LogP contribution in [0.3, 0.4) is 0 Å². The summed E-state index contributed by atoms with van der Waals surface area (Å²) in [5, 5.41) is 18.9. The van der Waals surface area contributed by atoms with Gasteiger partial charge in [-0.15, -0.1) is 11.3 Å². The number of aliphatic hydroxyl groups excluding tert-OH is 1. The van der Waals surface area contributed by atoms with Crippen molar-refractivity contribution in [1.29, 1.82) is 0 Å². The number of carbonyl (C=O) groups is 1. The highest BCUT2D eigenvalue weighted by Gasteiger charge is 2.27. The quantitative estimate of drug-likeness (QED) is 0.824. The van der Waals surface area contributed by atoms with E-state index in [1.807, 2.05) is 38.4 Å². The van der Waals surface area contributed by atoms with Gasteiger partial charge in [-0.2, -0.15) is 5.10 Å². The molecule has 2 heterocycles. The van der Waals surface area contributed by atoms with Gasteiger partial charge in [-0.25, -0.2) is 0 Å². The summed E-state index contributed by atoms with van der Waals surface area (Å²) in [6.07, 6.45) is 3.39. The van der Waals surface area contributed by atoms with E-state index in [0.29, 0.717) is 17.8 Å². The fourth-order valence-corrected chi connectivity index (χ4v) is 3.12. The van der Waals surface area contributed by atoms with Crippen LogP contribution in [0.4, 0.5) is 0 Å². The Labute approximate surface area is 135 Å². The molecular weight excluding hydrogens is 298 g/mol. The zero-order valence-electron chi connectivity index (χ0n) is 13.3. The number of hydrogen-bond donors (Lipinski definition) is 2. The number of aliphatic hydroxyl groups is 1. The smallest absolute Gasteiger partial charge is 0.255 e. The Morgan fingerprint density at radius 2 is 2.18 bits per heavy atom. The normalized spacial score (nSPS) is 11.6. The molecule has 0 fully saturated rings. The van der Waals surface area contributed by atoms with E-state index in [2.05, 4.69) is 10.4 Å². The van der Waals surface area contributed by atoms with Crippen molar-refractivity contribution >= 4 is 17.2 Å². The van der Waals surface area contributed by atoms with E-state index in [1.54, 1.807) is 22.2 Å². The highest BCUT2D eigenvalue weighted by atomic mass is 32.1. The molecule has 2 rings (SSSR count). The average molecular weight is 321 g/mol. The summed E-state index contributed by atoms with van der Waals surface area (Å²) in [5.41, 5.74) is 1.03. The number of nitrogens with zero attached hydrogens (tertiary/aromatic N) is 2. The molecule has 0 aliphatic carbocycles. The van der Waals surface area contributed by atoms with Crippen LogP contribution in [0.2, 0.25) is 0 Å². The largest absolute Gasteiger partial charge is 0.396 e. The maximum Gasteiger partial charge on any atom is 0.255 e. The third-order valence-corrected chi connectivity index (χ3v) is 5.16. The highest BCUT2D eigenvalue weighted by molar-refractivity contribution is 7.13. The van der Waals surface area contributed by atoms with Gasteiger partial charge in [0.25, 0.3) is 5.91 Å². The SMILES string of the molecule is CCC(CC)(CO)CNC(=O)c1cn(C)nc1-c1cccs1. The van der Waals surface area contributed by atoms with Crippen LogP contribution in [-0.2, 0) is 7.05 Å². The summed E-state index contributed by atoms with van der Waals surface area (Å²) in [7, 11) is 1.81. The molecule has 0 aliphatic rings. The van der Waals surface area contributed by atoms with Gasteiger partial charge >= 0.3 is 0 Å². The predicted molar refractivity (Wildman–Crippen MR) is 89.0 cm³/mol. The van der Waals surface area contributed by atoms with Crippen LogP contribution >= 0.6 is 11.3 Å². The maximum atomic E-state index is 12.5. The summed E-state index contributed by atoms with van der Waals surface area (Å²) >= 11 is 1.56. The van der Waals surface area contributed by atoms with E-state index in [9.17, 15) is 9.90 Å². The molecule has 22 heavy (non-hydrogen) atoms. The third-order valence-electron chi connectivity index (χ3n) is 4.29. The predicted octanol–water partition coefficient (Wildman–Crippen LogP) is 2.68. The van der Waals surface area contributed by atoms with E-state index in [1.165, 1.54) is 0 Å². The average Bonchev–Trinajstić information content (AvgIpc) is 3.18. The number of amides is 1. The van der Waals surface area contributed by atoms with Crippen LogP contribution in [0.5, 0.6) is 0 Å². The second-order valence-electron chi connectivity index (χ2n) is 5.59. The number of carbonyl (C=O) groups excluding carboxylic acids is 1. The van der Waals surface area contributed by atoms with Gasteiger partial charge in [0.1, 0.15) is 5.69 Å². The van der Waals surface area contributed by atoms with Crippen LogP contribution in [-0.4, -0.2) is 33.9 Å². The van der Waals surface area contributed by atoms with Crippen molar-refractivity contribution in [3.63, 3.8) is 0 Å². The van der Waals surface area contributed by atoms with Crippen molar-refractivity contribution in [3.05, 3.63) is 29.3 Å². The first-order valence-electron chi connectivity index (χ1n) is 7.52. The molecule has 0 unspecified atom stereocenters. The lowest BCUT2D eigenvalue weighted by molar-refractivity contribution is 0.0851. The molecule has 0 spiro atoms. The monoisotopic (exact) mass is 321 g/mol. The van der Waals surface area contributed by atoms with Crippen LogP contribution in [0.1, 0.15) is 37.0 Å². The first-order chi connectivity index (χ1) is 10.5. The number of hydrogen-bond acceptors (Lipinski definition) is 4. The molecule has 120 valence electrons. The van der Waals surface area contributed by atoms with Crippen LogP contribution in [0.15, 0.2) is 23.7 Å². The van der Waals surface area contributed by atoms with E-state index < -0.39 is 0 Å². The third kappa shape index (κ3) is 3.39. The second kappa shape index (κ2) is 7.07.